The number of benzene rings is 2. The van der Waals surface area contributed by atoms with Crippen LogP contribution in [0.1, 0.15) is 18.1 Å². The molecule has 8 heteroatoms. The van der Waals surface area contributed by atoms with Crippen molar-refractivity contribution in [3.05, 3.63) is 57.0 Å². The average molecular weight is 457 g/mol. The molecular formula is C18H19BrClN3O2S. The van der Waals surface area contributed by atoms with Gasteiger partial charge in [0, 0.05) is 17.1 Å². The predicted octanol–water partition coefficient (Wildman–Crippen LogP) is 4.51. The number of methoxy groups -OCH3 is 1. The van der Waals surface area contributed by atoms with Gasteiger partial charge in [-0.3, -0.25) is 5.43 Å². The lowest BCUT2D eigenvalue weighted by Crippen LogP contribution is -2.31. The molecule has 0 saturated heterocycles. The van der Waals surface area contributed by atoms with E-state index in [2.05, 4.69) is 31.8 Å². The van der Waals surface area contributed by atoms with E-state index in [1.807, 2.05) is 43.3 Å². The molecule has 2 N–H and O–H groups in total. The summed E-state index contributed by atoms with van der Waals surface area (Å²) in [6.45, 7) is 3.03. The normalized spacial score (nSPS) is 10.6. The summed E-state index contributed by atoms with van der Waals surface area (Å²) in [7, 11) is 1.59. The highest BCUT2D eigenvalue weighted by atomic mass is 79.9. The van der Waals surface area contributed by atoms with Crippen LogP contribution in [-0.2, 0) is 6.61 Å². The van der Waals surface area contributed by atoms with Gasteiger partial charge in [0.2, 0.25) is 0 Å². The number of nitrogens with zero attached hydrogens (tertiary/aromatic N) is 1. The second-order valence-electron chi connectivity index (χ2n) is 5.14. The van der Waals surface area contributed by atoms with Crippen LogP contribution in [0.25, 0.3) is 0 Å². The molecule has 0 aliphatic carbocycles. The van der Waals surface area contributed by atoms with E-state index >= 15 is 0 Å². The Labute approximate surface area is 171 Å². The third kappa shape index (κ3) is 5.86. The molecule has 5 nitrogen and oxygen atoms in total. The first-order chi connectivity index (χ1) is 12.5. The smallest absolute Gasteiger partial charge is 0.186 e. The SMILES string of the molecule is CCNC(=S)N/N=C/c1cc(Br)c(OCc2ccccc2Cl)c(OC)c1. The van der Waals surface area contributed by atoms with Gasteiger partial charge in [0.15, 0.2) is 16.6 Å². The summed E-state index contributed by atoms with van der Waals surface area (Å²) < 4.78 is 12.1. The molecule has 0 spiro atoms. The van der Waals surface area contributed by atoms with Crippen molar-refractivity contribution in [1.82, 2.24) is 10.7 Å². The monoisotopic (exact) mass is 455 g/mol. The lowest BCUT2D eigenvalue weighted by atomic mass is 10.2. The van der Waals surface area contributed by atoms with E-state index in [0.717, 1.165) is 22.1 Å². The molecule has 0 heterocycles. The standard InChI is InChI=1S/C18H19BrClN3O2S/c1-3-21-18(26)23-22-10-12-8-14(19)17(16(9-12)24-2)25-11-13-6-4-5-7-15(13)20/h4-10H,3,11H2,1-2H3,(H2,21,23,26)/b22-10+. The van der Waals surface area contributed by atoms with Gasteiger partial charge in [-0.25, -0.2) is 0 Å². The number of thiocarbonyl (C=S) groups is 1. The summed E-state index contributed by atoms with van der Waals surface area (Å²) in [5.74, 6) is 1.18. The largest absolute Gasteiger partial charge is 0.493 e. The number of halogens is 2. The summed E-state index contributed by atoms with van der Waals surface area (Å²) in [5.41, 5.74) is 4.47. The van der Waals surface area contributed by atoms with Crippen LogP contribution in [-0.4, -0.2) is 25.0 Å². The molecule has 0 fully saturated rings. The highest BCUT2D eigenvalue weighted by Crippen LogP contribution is 2.37. The van der Waals surface area contributed by atoms with Gasteiger partial charge in [0.05, 0.1) is 17.8 Å². The molecule has 2 aromatic carbocycles. The third-order valence-electron chi connectivity index (χ3n) is 3.30. The average Bonchev–Trinajstić information content (AvgIpc) is 2.62. The number of hydrogen-bond donors (Lipinski definition) is 2. The molecule has 138 valence electrons. The van der Waals surface area contributed by atoms with Crippen LogP contribution in [0.3, 0.4) is 0 Å². The Balaban J connectivity index is 2.12. The fourth-order valence-corrected chi connectivity index (χ4v) is 3.05. The van der Waals surface area contributed by atoms with Gasteiger partial charge in [-0.1, -0.05) is 29.8 Å². The molecule has 2 rings (SSSR count). The summed E-state index contributed by atoms with van der Waals surface area (Å²) in [6, 6.07) is 11.3. The van der Waals surface area contributed by atoms with Crippen LogP contribution in [0.2, 0.25) is 5.02 Å². The number of hydrogen-bond acceptors (Lipinski definition) is 4. The van der Waals surface area contributed by atoms with Crippen molar-refractivity contribution in [2.24, 2.45) is 5.10 Å². The Morgan fingerprint density at radius 3 is 2.81 bits per heavy atom. The quantitative estimate of drug-likeness (QED) is 0.365. The Hall–Kier alpha value is -1.83. The van der Waals surface area contributed by atoms with E-state index in [-0.39, 0.29) is 0 Å². The van der Waals surface area contributed by atoms with Crippen molar-refractivity contribution in [2.75, 3.05) is 13.7 Å². The summed E-state index contributed by atoms with van der Waals surface area (Å²) in [5, 5.41) is 8.18. The zero-order chi connectivity index (χ0) is 18.9. The summed E-state index contributed by atoms with van der Waals surface area (Å²) >= 11 is 14.7. The maximum atomic E-state index is 6.17. The van der Waals surface area contributed by atoms with Crippen LogP contribution >= 0.6 is 39.7 Å². The van der Waals surface area contributed by atoms with E-state index in [4.69, 9.17) is 33.3 Å². The topological polar surface area (TPSA) is 54.9 Å². The van der Waals surface area contributed by atoms with Crippen molar-refractivity contribution >= 4 is 51.1 Å². The number of nitrogens with one attached hydrogen (secondary N) is 2. The van der Waals surface area contributed by atoms with Gasteiger partial charge in [-0.2, -0.15) is 5.10 Å². The van der Waals surface area contributed by atoms with Gasteiger partial charge in [0.25, 0.3) is 0 Å². The van der Waals surface area contributed by atoms with Crippen LogP contribution in [0.4, 0.5) is 0 Å². The molecule has 0 unspecified atom stereocenters. The highest BCUT2D eigenvalue weighted by molar-refractivity contribution is 9.10. The number of hydrazone groups is 1. The van der Waals surface area contributed by atoms with Crippen LogP contribution in [0.5, 0.6) is 11.5 Å². The first kappa shape index (κ1) is 20.5. The summed E-state index contributed by atoms with van der Waals surface area (Å²) in [6.07, 6.45) is 1.65. The fraction of sp³-hybridized carbons (Fsp3) is 0.222. The summed E-state index contributed by atoms with van der Waals surface area (Å²) in [4.78, 5) is 0. The van der Waals surface area contributed by atoms with Gasteiger partial charge in [0.1, 0.15) is 6.61 Å². The first-order valence-electron chi connectivity index (χ1n) is 7.85. The molecule has 0 aliphatic heterocycles. The third-order valence-corrected chi connectivity index (χ3v) is 4.49. The minimum atomic E-state index is 0.334. The molecule has 0 radical (unpaired) electrons. The second kappa shape index (κ2) is 10.4. The fourth-order valence-electron chi connectivity index (χ4n) is 2.09. The Kier molecular flexibility index (Phi) is 8.15. The Morgan fingerprint density at radius 2 is 2.12 bits per heavy atom. The molecule has 26 heavy (non-hydrogen) atoms. The predicted molar refractivity (Wildman–Crippen MR) is 113 cm³/mol. The molecule has 0 saturated carbocycles. The minimum absolute atomic E-state index is 0.334. The second-order valence-corrected chi connectivity index (χ2v) is 6.81. The zero-order valence-electron chi connectivity index (χ0n) is 14.4. The maximum Gasteiger partial charge on any atom is 0.186 e. The van der Waals surface area contributed by atoms with Crippen LogP contribution in [0.15, 0.2) is 46.0 Å². The zero-order valence-corrected chi connectivity index (χ0v) is 17.5. The van der Waals surface area contributed by atoms with Gasteiger partial charge >= 0.3 is 0 Å². The Morgan fingerprint density at radius 1 is 1.35 bits per heavy atom. The van der Waals surface area contributed by atoms with Crippen LogP contribution < -0.4 is 20.2 Å². The minimum Gasteiger partial charge on any atom is -0.493 e. The maximum absolute atomic E-state index is 6.17. The molecule has 0 aromatic heterocycles. The molecular weight excluding hydrogens is 438 g/mol. The van der Waals surface area contributed by atoms with E-state index in [1.54, 1.807) is 13.3 Å². The van der Waals surface area contributed by atoms with Gasteiger partial charge in [-0.05, 0) is 58.8 Å². The molecule has 0 aliphatic rings. The first-order valence-corrected chi connectivity index (χ1v) is 9.43. The number of rotatable bonds is 7. The van der Waals surface area contributed by atoms with Crippen LogP contribution in [0, 0.1) is 0 Å². The molecule has 0 amide bonds. The van der Waals surface area contributed by atoms with Crippen molar-refractivity contribution in [2.45, 2.75) is 13.5 Å². The van der Waals surface area contributed by atoms with E-state index in [9.17, 15) is 0 Å². The molecule has 0 atom stereocenters. The molecule has 0 bridgehead atoms. The van der Waals surface area contributed by atoms with E-state index in [1.165, 1.54) is 0 Å². The van der Waals surface area contributed by atoms with E-state index in [0.29, 0.717) is 28.2 Å². The van der Waals surface area contributed by atoms with Crippen molar-refractivity contribution in [3.63, 3.8) is 0 Å². The Bertz CT molecular complexity index is 802. The van der Waals surface area contributed by atoms with Crippen molar-refractivity contribution in [1.29, 1.82) is 0 Å². The highest BCUT2D eigenvalue weighted by Gasteiger charge is 2.12. The lowest BCUT2D eigenvalue weighted by Gasteiger charge is -2.14. The number of ether oxygens (including phenoxy) is 2. The van der Waals surface area contributed by atoms with Crippen molar-refractivity contribution < 1.29 is 9.47 Å². The molecule has 2 aromatic rings. The van der Waals surface area contributed by atoms with Gasteiger partial charge < -0.3 is 14.8 Å². The van der Waals surface area contributed by atoms with E-state index < -0.39 is 0 Å². The van der Waals surface area contributed by atoms with Gasteiger partial charge in [-0.15, -0.1) is 0 Å². The van der Waals surface area contributed by atoms with Crippen molar-refractivity contribution in [3.8, 4) is 11.5 Å². The lowest BCUT2D eigenvalue weighted by molar-refractivity contribution is 0.282.